The van der Waals surface area contributed by atoms with Crippen molar-refractivity contribution in [2.24, 2.45) is 0 Å². The van der Waals surface area contributed by atoms with Crippen molar-refractivity contribution >= 4 is 27.8 Å². The molecule has 0 atom stereocenters. The van der Waals surface area contributed by atoms with Crippen LogP contribution >= 0.6 is 0 Å². The van der Waals surface area contributed by atoms with Crippen LogP contribution < -0.4 is 0 Å². The summed E-state index contributed by atoms with van der Waals surface area (Å²) in [5.41, 5.74) is 3.65. The van der Waals surface area contributed by atoms with E-state index in [1.165, 1.54) is 27.4 Å². The number of carbonyl (C=O) groups is 1. The van der Waals surface area contributed by atoms with Crippen molar-refractivity contribution in [2.45, 2.75) is 33.0 Å². The second-order valence-corrected chi connectivity index (χ2v) is 7.05. The van der Waals surface area contributed by atoms with E-state index in [2.05, 4.69) is 58.9 Å². The second kappa shape index (κ2) is 7.90. The van der Waals surface area contributed by atoms with Crippen LogP contribution in [0.1, 0.15) is 24.7 Å². The van der Waals surface area contributed by atoms with Gasteiger partial charge in [-0.1, -0.05) is 24.3 Å². The van der Waals surface area contributed by atoms with Crippen molar-refractivity contribution in [3.05, 3.63) is 72.2 Å². The largest absolute Gasteiger partial charge is 0.481 e. The molecule has 5 nitrogen and oxygen atoms in total. The van der Waals surface area contributed by atoms with E-state index >= 15 is 0 Å². The van der Waals surface area contributed by atoms with Gasteiger partial charge in [-0.2, -0.15) is 0 Å². The van der Waals surface area contributed by atoms with Crippen LogP contribution in [0.2, 0.25) is 0 Å². The Balaban J connectivity index is 1.66. The maximum absolute atomic E-state index is 11.1. The van der Waals surface area contributed by atoms with Crippen LogP contribution in [0.15, 0.2) is 65.3 Å². The predicted molar refractivity (Wildman–Crippen MR) is 110 cm³/mol. The lowest BCUT2D eigenvalue weighted by Crippen LogP contribution is -2.25. The summed E-state index contributed by atoms with van der Waals surface area (Å²) in [6.07, 6.45) is 1.76. The fourth-order valence-electron chi connectivity index (χ4n) is 3.89. The Morgan fingerprint density at radius 2 is 1.86 bits per heavy atom. The molecule has 0 amide bonds. The predicted octanol–water partition coefficient (Wildman–Crippen LogP) is 4.88. The number of aliphatic carboxylic acids is 1. The zero-order chi connectivity index (χ0) is 19.5. The normalized spacial score (nSPS) is 11.6. The molecule has 2 aromatic heterocycles. The quantitative estimate of drug-likeness (QED) is 0.476. The number of carboxylic acid groups (broad SMARTS) is 1. The number of para-hydroxylation sites is 1. The summed E-state index contributed by atoms with van der Waals surface area (Å²) < 4.78 is 7.79. The minimum Gasteiger partial charge on any atom is -0.481 e. The molecule has 2 heterocycles. The van der Waals surface area contributed by atoms with Crippen molar-refractivity contribution in [3.63, 3.8) is 0 Å². The van der Waals surface area contributed by atoms with E-state index < -0.39 is 5.97 Å². The molecule has 28 heavy (non-hydrogen) atoms. The number of fused-ring (bicyclic) bond motifs is 3. The van der Waals surface area contributed by atoms with Crippen LogP contribution in [0, 0.1) is 0 Å². The number of aryl methyl sites for hydroxylation is 1. The third kappa shape index (κ3) is 3.66. The number of rotatable bonds is 8. The Labute approximate surface area is 163 Å². The molecule has 0 bridgehead atoms. The number of hydrogen-bond donors (Lipinski definition) is 1. The van der Waals surface area contributed by atoms with E-state index in [1.807, 2.05) is 12.1 Å². The van der Waals surface area contributed by atoms with Gasteiger partial charge in [-0.25, -0.2) is 0 Å². The standard InChI is InChI=1S/C23H24N2O3/c1-2-25-21-8-4-3-7-19(21)20-14-17(9-10-22(20)25)15-24(12-11-23(26)27)16-18-6-5-13-28-18/h3-10,13-14H,2,11-12,15-16H2,1H3,(H,26,27). The molecule has 0 spiro atoms. The second-order valence-electron chi connectivity index (χ2n) is 7.05. The van der Waals surface area contributed by atoms with Crippen molar-refractivity contribution in [1.82, 2.24) is 9.47 Å². The summed E-state index contributed by atoms with van der Waals surface area (Å²) in [6, 6.07) is 18.8. The van der Waals surface area contributed by atoms with E-state index in [0.717, 1.165) is 12.3 Å². The summed E-state index contributed by atoms with van der Waals surface area (Å²) in [4.78, 5) is 13.2. The molecule has 0 aliphatic carbocycles. The van der Waals surface area contributed by atoms with E-state index in [4.69, 9.17) is 9.52 Å². The van der Waals surface area contributed by atoms with Gasteiger partial charge in [-0.15, -0.1) is 0 Å². The third-order valence-electron chi connectivity index (χ3n) is 5.16. The van der Waals surface area contributed by atoms with Gasteiger partial charge in [0.1, 0.15) is 5.76 Å². The lowest BCUT2D eigenvalue weighted by Gasteiger charge is -2.20. The first-order valence-electron chi connectivity index (χ1n) is 9.62. The van der Waals surface area contributed by atoms with Gasteiger partial charge in [-0.05, 0) is 42.8 Å². The number of nitrogens with zero attached hydrogens (tertiary/aromatic N) is 2. The SMILES string of the molecule is CCn1c2ccccc2c2cc(CN(CCC(=O)O)Cc3ccco3)ccc21. The summed E-state index contributed by atoms with van der Waals surface area (Å²) in [5, 5.41) is 11.6. The van der Waals surface area contributed by atoms with Crippen molar-refractivity contribution in [1.29, 1.82) is 0 Å². The smallest absolute Gasteiger partial charge is 0.304 e. The van der Waals surface area contributed by atoms with Gasteiger partial charge in [0, 0.05) is 41.4 Å². The molecule has 0 unspecified atom stereocenters. The number of hydrogen-bond acceptors (Lipinski definition) is 3. The summed E-state index contributed by atoms with van der Waals surface area (Å²) in [5.74, 6) is 0.0555. The van der Waals surface area contributed by atoms with E-state index in [0.29, 0.717) is 19.6 Å². The van der Waals surface area contributed by atoms with Gasteiger partial charge in [-0.3, -0.25) is 9.69 Å². The zero-order valence-corrected chi connectivity index (χ0v) is 16.0. The van der Waals surface area contributed by atoms with Crippen LogP contribution in [0.25, 0.3) is 21.8 Å². The zero-order valence-electron chi connectivity index (χ0n) is 16.0. The minimum atomic E-state index is -0.786. The number of aromatic nitrogens is 1. The average Bonchev–Trinajstić information content (AvgIpc) is 3.31. The van der Waals surface area contributed by atoms with Crippen LogP contribution in [0.5, 0.6) is 0 Å². The van der Waals surface area contributed by atoms with Crippen LogP contribution in [-0.2, 0) is 24.4 Å². The highest BCUT2D eigenvalue weighted by Crippen LogP contribution is 2.30. The molecule has 5 heteroatoms. The highest BCUT2D eigenvalue weighted by Gasteiger charge is 2.14. The minimum absolute atomic E-state index is 0.109. The fraction of sp³-hybridized carbons (Fsp3) is 0.261. The van der Waals surface area contributed by atoms with Gasteiger partial charge >= 0.3 is 5.97 Å². The Kier molecular flexibility index (Phi) is 5.17. The Morgan fingerprint density at radius 1 is 1.04 bits per heavy atom. The van der Waals surface area contributed by atoms with Gasteiger partial charge in [0.05, 0.1) is 19.2 Å². The molecule has 0 saturated heterocycles. The van der Waals surface area contributed by atoms with E-state index in [9.17, 15) is 4.79 Å². The molecule has 144 valence electrons. The highest BCUT2D eigenvalue weighted by atomic mass is 16.4. The topological polar surface area (TPSA) is 58.6 Å². The number of benzene rings is 2. The monoisotopic (exact) mass is 376 g/mol. The summed E-state index contributed by atoms with van der Waals surface area (Å²) >= 11 is 0. The number of carboxylic acids is 1. The van der Waals surface area contributed by atoms with Gasteiger partial charge in [0.2, 0.25) is 0 Å². The third-order valence-corrected chi connectivity index (χ3v) is 5.16. The lowest BCUT2D eigenvalue weighted by molar-refractivity contribution is -0.137. The van der Waals surface area contributed by atoms with E-state index in [-0.39, 0.29) is 6.42 Å². The lowest BCUT2D eigenvalue weighted by atomic mass is 10.1. The maximum Gasteiger partial charge on any atom is 0.304 e. The Morgan fingerprint density at radius 3 is 2.61 bits per heavy atom. The molecule has 0 aliphatic heterocycles. The van der Waals surface area contributed by atoms with E-state index in [1.54, 1.807) is 6.26 Å². The van der Waals surface area contributed by atoms with Crippen LogP contribution in [-0.4, -0.2) is 27.1 Å². The molecular formula is C23H24N2O3. The Bertz CT molecular complexity index is 1100. The molecule has 4 aromatic rings. The molecule has 0 aliphatic rings. The molecule has 0 saturated carbocycles. The molecule has 1 N–H and O–H groups in total. The maximum atomic E-state index is 11.1. The first-order chi connectivity index (χ1) is 13.7. The first-order valence-corrected chi connectivity index (χ1v) is 9.62. The molecule has 4 rings (SSSR count). The molecule has 2 aromatic carbocycles. The summed E-state index contributed by atoms with van der Waals surface area (Å²) in [6.45, 7) is 4.83. The van der Waals surface area contributed by atoms with Gasteiger partial charge < -0.3 is 14.1 Å². The molecule has 0 radical (unpaired) electrons. The first kappa shape index (κ1) is 18.3. The van der Waals surface area contributed by atoms with Crippen molar-refractivity contribution < 1.29 is 14.3 Å². The highest BCUT2D eigenvalue weighted by molar-refractivity contribution is 6.08. The molecular weight excluding hydrogens is 352 g/mol. The van der Waals surface area contributed by atoms with Crippen molar-refractivity contribution in [3.8, 4) is 0 Å². The fourth-order valence-corrected chi connectivity index (χ4v) is 3.89. The summed E-state index contributed by atoms with van der Waals surface area (Å²) in [7, 11) is 0. The molecule has 0 fully saturated rings. The Hall–Kier alpha value is -3.05. The van der Waals surface area contributed by atoms with Gasteiger partial charge in [0.15, 0.2) is 0 Å². The van der Waals surface area contributed by atoms with Gasteiger partial charge in [0.25, 0.3) is 0 Å². The van der Waals surface area contributed by atoms with Crippen LogP contribution in [0.4, 0.5) is 0 Å². The number of furan rings is 1. The van der Waals surface area contributed by atoms with Crippen molar-refractivity contribution in [2.75, 3.05) is 6.54 Å². The van der Waals surface area contributed by atoms with Crippen LogP contribution in [0.3, 0.4) is 0 Å². The average molecular weight is 376 g/mol.